The number of hydrogen-bond donors (Lipinski definition) is 1. The number of anilines is 1. The van der Waals surface area contributed by atoms with Crippen molar-refractivity contribution in [1.82, 2.24) is 4.98 Å². The van der Waals surface area contributed by atoms with E-state index in [4.69, 9.17) is 9.47 Å². The lowest BCUT2D eigenvalue weighted by Crippen LogP contribution is -2.11. The second-order valence-electron chi connectivity index (χ2n) is 6.06. The number of rotatable bonds is 8. The largest absolute Gasteiger partial charge is 0.497 e. The number of methoxy groups -OCH3 is 2. The van der Waals surface area contributed by atoms with Gasteiger partial charge in [0.1, 0.15) is 11.5 Å². The minimum Gasteiger partial charge on any atom is -0.497 e. The van der Waals surface area contributed by atoms with Crippen LogP contribution in [0.5, 0.6) is 11.5 Å². The van der Waals surface area contributed by atoms with Gasteiger partial charge in [0, 0.05) is 28.0 Å². The van der Waals surface area contributed by atoms with E-state index in [9.17, 15) is 4.79 Å². The predicted octanol–water partition coefficient (Wildman–Crippen LogP) is 5.26. The molecule has 0 aliphatic carbocycles. The van der Waals surface area contributed by atoms with Crippen LogP contribution in [-0.2, 0) is 4.79 Å². The fourth-order valence-corrected chi connectivity index (χ4v) is 4.13. The van der Waals surface area contributed by atoms with Gasteiger partial charge in [0.2, 0.25) is 5.91 Å². The van der Waals surface area contributed by atoms with Crippen LogP contribution in [0.3, 0.4) is 0 Å². The molecule has 3 rings (SSSR count). The van der Waals surface area contributed by atoms with Crippen molar-refractivity contribution in [2.75, 3.05) is 25.3 Å². The molecule has 0 spiro atoms. The number of nitrogens with one attached hydrogen (secondary N) is 1. The summed E-state index contributed by atoms with van der Waals surface area (Å²) in [5, 5.41) is 5.35. The smallest absolute Gasteiger partial charge is 0.226 e. The molecule has 28 heavy (non-hydrogen) atoms. The number of carbonyl (C=O) groups excluding carboxylic acids is 1. The Morgan fingerprint density at radius 3 is 2.64 bits per heavy atom. The van der Waals surface area contributed by atoms with Crippen LogP contribution in [0.15, 0.2) is 52.7 Å². The van der Waals surface area contributed by atoms with Crippen LogP contribution >= 0.6 is 23.1 Å². The molecule has 1 aromatic heterocycles. The standard InChI is InChI=1S/C21H22N2O3S2/c1-14-4-7-16(8-5-14)27-11-10-20(24)23-21-22-18(13-28-21)17-12-15(25-2)6-9-19(17)26-3/h4-9,12-13H,10-11H2,1-3H3,(H,22,23,24). The van der Waals surface area contributed by atoms with Gasteiger partial charge in [-0.3, -0.25) is 4.79 Å². The molecule has 0 bridgehead atoms. The van der Waals surface area contributed by atoms with Gasteiger partial charge in [0.15, 0.2) is 5.13 Å². The van der Waals surface area contributed by atoms with Crippen molar-refractivity contribution in [3.8, 4) is 22.8 Å². The number of hydrogen-bond acceptors (Lipinski definition) is 6. The molecule has 7 heteroatoms. The highest BCUT2D eigenvalue weighted by Crippen LogP contribution is 2.35. The van der Waals surface area contributed by atoms with Crippen molar-refractivity contribution in [2.45, 2.75) is 18.2 Å². The summed E-state index contributed by atoms with van der Waals surface area (Å²) in [5.41, 5.74) is 2.80. The number of nitrogens with zero attached hydrogens (tertiary/aromatic N) is 1. The number of amides is 1. The molecule has 0 unspecified atom stereocenters. The molecule has 1 N–H and O–H groups in total. The zero-order chi connectivity index (χ0) is 19.9. The van der Waals surface area contributed by atoms with E-state index in [-0.39, 0.29) is 5.91 Å². The van der Waals surface area contributed by atoms with E-state index >= 15 is 0 Å². The fourth-order valence-electron chi connectivity index (χ4n) is 2.55. The summed E-state index contributed by atoms with van der Waals surface area (Å²) < 4.78 is 10.7. The van der Waals surface area contributed by atoms with Crippen molar-refractivity contribution in [3.63, 3.8) is 0 Å². The Morgan fingerprint density at radius 2 is 1.93 bits per heavy atom. The molecule has 0 saturated heterocycles. The molecular weight excluding hydrogens is 392 g/mol. The molecule has 0 aliphatic heterocycles. The second kappa shape index (κ2) is 9.61. The molecule has 0 atom stereocenters. The Hall–Kier alpha value is -2.51. The number of aryl methyl sites for hydroxylation is 1. The highest BCUT2D eigenvalue weighted by atomic mass is 32.2. The molecule has 0 saturated carbocycles. The van der Waals surface area contributed by atoms with Crippen LogP contribution < -0.4 is 14.8 Å². The molecule has 146 valence electrons. The number of thioether (sulfide) groups is 1. The summed E-state index contributed by atoms with van der Waals surface area (Å²) >= 11 is 3.06. The fraction of sp³-hybridized carbons (Fsp3) is 0.238. The van der Waals surface area contributed by atoms with Crippen molar-refractivity contribution in [2.24, 2.45) is 0 Å². The number of benzene rings is 2. The Labute approximate surface area is 173 Å². The van der Waals surface area contributed by atoms with E-state index in [0.29, 0.717) is 17.3 Å². The first-order valence-corrected chi connectivity index (χ1v) is 10.6. The van der Waals surface area contributed by atoms with Gasteiger partial charge in [-0.2, -0.15) is 0 Å². The third-order valence-electron chi connectivity index (χ3n) is 4.05. The Balaban J connectivity index is 1.58. The van der Waals surface area contributed by atoms with Gasteiger partial charge in [-0.05, 0) is 37.3 Å². The number of aromatic nitrogens is 1. The lowest BCUT2D eigenvalue weighted by Gasteiger charge is -2.08. The maximum Gasteiger partial charge on any atom is 0.226 e. The first kappa shape index (κ1) is 20.2. The van der Waals surface area contributed by atoms with Crippen LogP contribution in [0.1, 0.15) is 12.0 Å². The van der Waals surface area contributed by atoms with Gasteiger partial charge in [-0.1, -0.05) is 17.7 Å². The van der Waals surface area contributed by atoms with E-state index in [2.05, 4.69) is 41.5 Å². The summed E-state index contributed by atoms with van der Waals surface area (Å²) in [6.07, 6.45) is 0.427. The van der Waals surface area contributed by atoms with Gasteiger partial charge in [-0.15, -0.1) is 23.1 Å². The summed E-state index contributed by atoms with van der Waals surface area (Å²) in [4.78, 5) is 17.9. The topological polar surface area (TPSA) is 60.5 Å². The summed E-state index contributed by atoms with van der Waals surface area (Å²) in [5.74, 6) is 2.11. The monoisotopic (exact) mass is 414 g/mol. The molecular formula is C21H22N2O3S2. The Kier molecular flexibility index (Phi) is 6.95. The summed E-state index contributed by atoms with van der Waals surface area (Å²) in [6, 6.07) is 13.9. The number of ether oxygens (including phenoxy) is 2. The molecule has 0 fully saturated rings. The number of carbonyl (C=O) groups is 1. The molecule has 1 amide bonds. The lowest BCUT2D eigenvalue weighted by molar-refractivity contribution is -0.115. The lowest BCUT2D eigenvalue weighted by atomic mass is 10.1. The van der Waals surface area contributed by atoms with Crippen LogP contribution in [0.25, 0.3) is 11.3 Å². The van der Waals surface area contributed by atoms with Gasteiger partial charge < -0.3 is 14.8 Å². The molecule has 1 heterocycles. The normalized spacial score (nSPS) is 10.5. The minimum atomic E-state index is -0.0434. The highest BCUT2D eigenvalue weighted by Gasteiger charge is 2.13. The van der Waals surface area contributed by atoms with Crippen molar-refractivity contribution < 1.29 is 14.3 Å². The van der Waals surface area contributed by atoms with Crippen molar-refractivity contribution >= 4 is 34.1 Å². The quantitative estimate of drug-likeness (QED) is 0.510. The van der Waals surface area contributed by atoms with E-state index in [1.54, 1.807) is 26.0 Å². The van der Waals surface area contributed by atoms with E-state index < -0.39 is 0 Å². The summed E-state index contributed by atoms with van der Waals surface area (Å²) in [7, 11) is 3.24. The molecule has 0 radical (unpaired) electrons. The first-order valence-electron chi connectivity index (χ1n) is 8.76. The van der Waals surface area contributed by atoms with Crippen molar-refractivity contribution in [1.29, 1.82) is 0 Å². The SMILES string of the molecule is COc1ccc(OC)c(-c2csc(NC(=O)CCSc3ccc(C)cc3)n2)c1. The van der Waals surface area contributed by atoms with Gasteiger partial charge in [0.05, 0.1) is 19.9 Å². The van der Waals surface area contributed by atoms with Crippen LogP contribution in [-0.4, -0.2) is 30.9 Å². The van der Waals surface area contributed by atoms with Gasteiger partial charge in [0.25, 0.3) is 0 Å². The third kappa shape index (κ3) is 5.27. The third-order valence-corrected chi connectivity index (χ3v) is 5.82. The molecule has 5 nitrogen and oxygen atoms in total. The molecule has 0 aliphatic rings. The average molecular weight is 415 g/mol. The van der Waals surface area contributed by atoms with Gasteiger partial charge >= 0.3 is 0 Å². The number of thiazole rings is 1. The van der Waals surface area contributed by atoms with E-state index in [1.807, 2.05) is 23.6 Å². The van der Waals surface area contributed by atoms with Crippen molar-refractivity contribution in [3.05, 3.63) is 53.4 Å². The maximum absolute atomic E-state index is 12.2. The van der Waals surface area contributed by atoms with Crippen LogP contribution in [0, 0.1) is 6.92 Å². The zero-order valence-corrected chi connectivity index (χ0v) is 17.7. The summed E-state index contributed by atoms with van der Waals surface area (Å²) in [6.45, 7) is 2.06. The van der Waals surface area contributed by atoms with Crippen LogP contribution in [0.2, 0.25) is 0 Å². The molecule has 2 aromatic carbocycles. The minimum absolute atomic E-state index is 0.0434. The molecule has 3 aromatic rings. The second-order valence-corrected chi connectivity index (χ2v) is 8.09. The van der Waals surface area contributed by atoms with E-state index in [1.165, 1.54) is 21.8 Å². The predicted molar refractivity (Wildman–Crippen MR) is 116 cm³/mol. The Morgan fingerprint density at radius 1 is 1.14 bits per heavy atom. The van der Waals surface area contributed by atoms with Crippen LogP contribution in [0.4, 0.5) is 5.13 Å². The maximum atomic E-state index is 12.2. The average Bonchev–Trinajstić information content (AvgIpc) is 3.17. The zero-order valence-electron chi connectivity index (χ0n) is 16.0. The van der Waals surface area contributed by atoms with E-state index in [0.717, 1.165) is 22.8 Å². The van der Waals surface area contributed by atoms with Gasteiger partial charge in [-0.25, -0.2) is 4.98 Å². The highest BCUT2D eigenvalue weighted by molar-refractivity contribution is 7.99. The Bertz CT molecular complexity index is 939. The first-order chi connectivity index (χ1) is 13.6.